The molecule has 4 rings (SSSR count). The third kappa shape index (κ3) is 6.90. The molecule has 1 atom stereocenters. The zero-order valence-corrected chi connectivity index (χ0v) is 23.0. The van der Waals surface area contributed by atoms with Crippen molar-refractivity contribution >= 4 is 39.9 Å². The van der Waals surface area contributed by atoms with Crippen molar-refractivity contribution < 1.29 is 23.0 Å². The fraction of sp³-hybridized carbons (Fsp3) is 0.214. The minimum absolute atomic E-state index is 0.117. The van der Waals surface area contributed by atoms with Crippen LogP contribution < -0.4 is 36.3 Å². The third-order valence-corrected chi connectivity index (χ3v) is 6.81. The molecular formula is C28H31N6O5S-. The first-order valence-corrected chi connectivity index (χ1v) is 13.4. The summed E-state index contributed by atoms with van der Waals surface area (Å²) in [6.07, 6.45) is 2.68. The first-order valence-electron chi connectivity index (χ1n) is 12.4. The Balaban J connectivity index is 1.49. The van der Waals surface area contributed by atoms with Crippen LogP contribution in [0, 0.1) is 0 Å². The van der Waals surface area contributed by atoms with Gasteiger partial charge in [0, 0.05) is 46.7 Å². The minimum atomic E-state index is -2.29. The summed E-state index contributed by atoms with van der Waals surface area (Å²) in [5.41, 5.74) is 21.5. The number of nitrogen functional groups attached to an aromatic ring is 3. The smallest absolute Gasteiger partial charge is 0.221 e. The van der Waals surface area contributed by atoms with E-state index >= 15 is 0 Å². The number of benzene rings is 3. The summed E-state index contributed by atoms with van der Waals surface area (Å²) in [5, 5.41) is 0. The van der Waals surface area contributed by atoms with Crippen molar-refractivity contribution in [2.24, 2.45) is 0 Å². The van der Waals surface area contributed by atoms with Crippen molar-refractivity contribution in [1.82, 2.24) is 9.97 Å². The van der Waals surface area contributed by atoms with E-state index in [0.717, 1.165) is 22.5 Å². The average molecular weight is 564 g/mol. The van der Waals surface area contributed by atoms with Gasteiger partial charge in [-0.25, -0.2) is 4.98 Å². The molecule has 4 aromatic rings. The van der Waals surface area contributed by atoms with E-state index in [-0.39, 0.29) is 10.8 Å². The predicted molar refractivity (Wildman–Crippen MR) is 155 cm³/mol. The summed E-state index contributed by atoms with van der Waals surface area (Å²) in [5.74, 6) is 1.94. The van der Waals surface area contributed by atoms with Crippen molar-refractivity contribution in [2.75, 3.05) is 49.5 Å². The van der Waals surface area contributed by atoms with Crippen molar-refractivity contribution in [2.45, 2.75) is 17.7 Å². The molecule has 210 valence electrons. The van der Waals surface area contributed by atoms with Crippen LogP contribution in [-0.2, 0) is 17.5 Å². The zero-order valence-electron chi connectivity index (χ0n) is 22.2. The molecule has 6 N–H and O–H groups in total. The zero-order chi connectivity index (χ0) is 28.6. The molecule has 11 nitrogen and oxygen atoms in total. The van der Waals surface area contributed by atoms with E-state index < -0.39 is 11.1 Å². The van der Waals surface area contributed by atoms with Crippen LogP contribution in [0.4, 0.5) is 28.8 Å². The Morgan fingerprint density at radius 2 is 1.52 bits per heavy atom. The van der Waals surface area contributed by atoms with E-state index in [1.165, 1.54) is 0 Å². The topological polar surface area (TPSA) is 175 Å². The number of methoxy groups -OCH3 is 2. The summed E-state index contributed by atoms with van der Waals surface area (Å²) in [6, 6.07) is 17.9. The standard InChI is InChI=1S/C28H32N6O5S/c1-37-24-15-18(14-19-17-32-28(31)33-27(19)30)16-25(38-2)26(24)39-13-3-12-34(21-6-4-20(29)5-7-21)22-8-10-23(11-9-22)40(35)36/h4-11,15-17H,3,12-14,29H2,1-2H3,(H,35,36)(H4,30,31,32,33)/p-1. The number of aromatic nitrogens is 2. The quantitative estimate of drug-likeness (QED) is 0.130. The second-order valence-corrected chi connectivity index (χ2v) is 9.76. The Morgan fingerprint density at radius 3 is 2.08 bits per heavy atom. The van der Waals surface area contributed by atoms with Gasteiger partial charge in [-0.1, -0.05) is 0 Å². The van der Waals surface area contributed by atoms with Gasteiger partial charge in [-0.3, -0.25) is 4.21 Å². The number of hydrogen-bond acceptors (Lipinski definition) is 11. The fourth-order valence-corrected chi connectivity index (χ4v) is 4.52. The van der Waals surface area contributed by atoms with Crippen molar-refractivity contribution in [3.05, 3.63) is 78.0 Å². The van der Waals surface area contributed by atoms with Gasteiger partial charge >= 0.3 is 0 Å². The van der Waals surface area contributed by atoms with E-state index in [4.69, 9.17) is 31.4 Å². The lowest BCUT2D eigenvalue weighted by Crippen LogP contribution is -2.20. The van der Waals surface area contributed by atoms with Crippen LogP contribution in [0.5, 0.6) is 17.2 Å². The molecule has 0 fully saturated rings. The second kappa shape index (κ2) is 13.0. The van der Waals surface area contributed by atoms with E-state index in [1.54, 1.807) is 44.7 Å². The van der Waals surface area contributed by atoms with Crippen molar-refractivity contribution in [1.29, 1.82) is 0 Å². The highest BCUT2D eigenvalue weighted by atomic mass is 32.2. The van der Waals surface area contributed by atoms with Gasteiger partial charge < -0.3 is 40.9 Å². The molecule has 0 saturated carbocycles. The Bertz CT molecular complexity index is 1440. The van der Waals surface area contributed by atoms with Gasteiger partial charge in [0.1, 0.15) is 5.82 Å². The van der Waals surface area contributed by atoms with Gasteiger partial charge in [-0.15, -0.1) is 0 Å². The highest BCUT2D eigenvalue weighted by molar-refractivity contribution is 7.79. The molecule has 0 radical (unpaired) electrons. The third-order valence-electron chi connectivity index (χ3n) is 6.15. The van der Waals surface area contributed by atoms with Crippen LogP contribution in [0.1, 0.15) is 17.5 Å². The maximum absolute atomic E-state index is 11.3. The van der Waals surface area contributed by atoms with Crippen molar-refractivity contribution in [3.63, 3.8) is 0 Å². The summed E-state index contributed by atoms with van der Waals surface area (Å²) in [7, 11) is 3.13. The summed E-state index contributed by atoms with van der Waals surface area (Å²) in [4.78, 5) is 10.3. The monoisotopic (exact) mass is 563 g/mol. The number of rotatable bonds is 12. The lowest BCUT2D eigenvalue weighted by molar-refractivity contribution is 0.272. The molecule has 1 unspecified atom stereocenters. The largest absolute Gasteiger partial charge is 0.768 e. The van der Waals surface area contributed by atoms with Gasteiger partial charge in [-0.2, -0.15) is 4.98 Å². The molecule has 0 bridgehead atoms. The van der Waals surface area contributed by atoms with E-state index in [1.807, 2.05) is 36.4 Å². The molecule has 0 amide bonds. The number of hydrogen-bond donors (Lipinski definition) is 3. The van der Waals surface area contributed by atoms with Crippen LogP contribution in [0.2, 0.25) is 0 Å². The van der Waals surface area contributed by atoms with Crippen LogP contribution in [0.25, 0.3) is 0 Å². The Hall–Kier alpha value is -4.55. The van der Waals surface area contributed by atoms with Gasteiger partial charge in [0.15, 0.2) is 11.5 Å². The van der Waals surface area contributed by atoms with E-state index in [0.29, 0.717) is 54.7 Å². The fourth-order valence-electron chi connectivity index (χ4n) is 4.16. The van der Waals surface area contributed by atoms with Crippen LogP contribution in [-0.4, -0.2) is 46.1 Å². The molecule has 0 aliphatic heterocycles. The number of anilines is 5. The number of nitrogens with two attached hydrogens (primary N) is 3. The first kappa shape index (κ1) is 28.5. The van der Waals surface area contributed by atoms with Gasteiger partial charge in [-0.05, 0) is 83.7 Å². The van der Waals surface area contributed by atoms with Crippen LogP contribution >= 0.6 is 0 Å². The Morgan fingerprint density at radius 1 is 0.925 bits per heavy atom. The SMILES string of the molecule is COc1cc(Cc2cnc(N)nc2N)cc(OC)c1OCCCN(c1ccc(N)cc1)c1ccc(S(=O)[O-])cc1. The lowest BCUT2D eigenvalue weighted by atomic mass is 10.1. The molecule has 0 saturated heterocycles. The molecular weight excluding hydrogens is 532 g/mol. The predicted octanol–water partition coefficient (Wildman–Crippen LogP) is 3.68. The average Bonchev–Trinajstić information content (AvgIpc) is 2.95. The highest BCUT2D eigenvalue weighted by Crippen LogP contribution is 2.39. The molecule has 12 heteroatoms. The maximum Gasteiger partial charge on any atom is 0.221 e. The van der Waals surface area contributed by atoms with E-state index in [9.17, 15) is 8.76 Å². The molecule has 3 aromatic carbocycles. The normalized spacial score (nSPS) is 11.6. The minimum Gasteiger partial charge on any atom is -0.768 e. The Kier molecular flexibility index (Phi) is 9.25. The first-order chi connectivity index (χ1) is 19.3. The summed E-state index contributed by atoms with van der Waals surface area (Å²) in [6.45, 7) is 0.946. The van der Waals surface area contributed by atoms with Crippen LogP contribution in [0.3, 0.4) is 0 Å². The molecule has 40 heavy (non-hydrogen) atoms. The Labute approximate surface area is 235 Å². The maximum atomic E-state index is 11.3. The lowest BCUT2D eigenvalue weighted by Gasteiger charge is -2.26. The molecule has 0 spiro atoms. The van der Waals surface area contributed by atoms with E-state index in [2.05, 4.69) is 14.9 Å². The molecule has 0 aliphatic carbocycles. The molecule has 0 aliphatic rings. The molecule has 1 heterocycles. The van der Waals surface area contributed by atoms with Gasteiger partial charge in [0.2, 0.25) is 11.7 Å². The second-order valence-electron chi connectivity index (χ2n) is 8.82. The summed E-state index contributed by atoms with van der Waals surface area (Å²) >= 11 is -2.29. The van der Waals surface area contributed by atoms with Crippen LogP contribution in [0.15, 0.2) is 71.8 Å². The van der Waals surface area contributed by atoms with Gasteiger partial charge in [0.05, 0.1) is 20.8 Å². The summed E-state index contributed by atoms with van der Waals surface area (Å²) < 4.78 is 40.0. The molecule has 1 aromatic heterocycles. The number of nitrogens with zero attached hydrogens (tertiary/aromatic N) is 3. The number of ether oxygens (including phenoxy) is 3. The highest BCUT2D eigenvalue weighted by Gasteiger charge is 2.17. The van der Waals surface area contributed by atoms with Crippen molar-refractivity contribution in [3.8, 4) is 17.2 Å². The van der Waals surface area contributed by atoms with Gasteiger partial charge in [0.25, 0.3) is 0 Å².